The minimum absolute atomic E-state index is 0.0179. The number of halogens is 5. The number of amides is 1. The molecule has 0 fully saturated rings. The van der Waals surface area contributed by atoms with Crippen LogP contribution in [0.25, 0.3) is 0 Å². The van der Waals surface area contributed by atoms with Crippen LogP contribution < -0.4 is 15.8 Å². The van der Waals surface area contributed by atoms with Crippen molar-refractivity contribution in [1.29, 1.82) is 0 Å². The molecule has 0 bridgehead atoms. The number of methoxy groups -OCH3 is 1. The number of hydrogen-bond acceptors (Lipinski definition) is 3. The molecule has 0 aromatic heterocycles. The van der Waals surface area contributed by atoms with Gasteiger partial charge >= 0.3 is 18.0 Å². The van der Waals surface area contributed by atoms with Crippen LogP contribution in [0.4, 0.5) is 33.3 Å². The first-order chi connectivity index (χ1) is 8.59. The first-order valence-electron chi connectivity index (χ1n) is 4.79. The van der Waals surface area contributed by atoms with Gasteiger partial charge in [0.1, 0.15) is 5.75 Å². The molecule has 0 radical (unpaired) electrons. The summed E-state index contributed by atoms with van der Waals surface area (Å²) < 4.78 is 65.9. The maximum Gasteiger partial charge on any atom is 0.463 e. The van der Waals surface area contributed by atoms with Crippen LogP contribution in [0.3, 0.4) is 0 Å². The molecular formula is C10H9F5N2O2. The molecule has 1 aromatic rings. The molecule has 0 saturated carbocycles. The zero-order valence-corrected chi connectivity index (χ0v) is 9.52. The first kappa shape index (κ1) is 15.0. The monoisotopic (exact) mass is 284 g/mol. The fourth-order valence-corrected chi connectivity index (χ4v) is 1.15. The molecule has 0 atom stereocenters. The molecule has 0 unspecified atom stereocenters. The van der Waals surface area contributed by atoms with E-state index in [2.05, 4.69) is 0 Å². The van der Waals surface area contributed by atoms with Crippen molar-refractivity contribution in [2.45, 2.75) is 12.1 Å². The molecule has 9 heteroatoms. The summed E-state index contributed by atoms with van der Waals surface area (Å²) in [5.74, 6) is -7.77. The Morgan fingerprint density at radius 1 is 1.26 bits per heavy atom. The minimum Gasteiger partial charge on any atom is -0.495 e. The molecule has 4 nitrogen and oxygen atoms in total. The summed E-state index contributed by atoms with van der Waals surface area (Å²) >= 11 is 0. The van der Waals surface area contributed by atoms with E-state index in [4.69, 9.17) is 10.5 Å². The number of nitrogens with one attached hydrogen (secondary N) is 1. The van der Waals surface area contributed by atoms with Crippen molar-refractivity contribution in [3.63, 3.8) is 0 Å². The van der Waals surface area contributed by atoms with E-state index < -0.39 is 18.0 Å². The topological polar surface area (TPSA) is 64.3 Å². The third-order valence-electron chi connectivity index (χ3n) is 2.13. The number of alkyl halides is 5. The summed E-state index contributed by atoms with van der Waals surface area (Å²) in [6, 6.07) is 3.30. The van der Waals surface area contributed by atoms with Gasteiger partial charge in [0, 0.05) is 5.69 Å². The van der Waals surface area contributed by atoms with E-state index in [1.807, 2.05) is 0 Å². The van der Waals surface area contributed by atoms with Crippen LogP contribution in [0.2, 0.25) is 0 Å². The van der Waals surface area contributed by atoms with Gasteiger partial charge in [-0.3, -0.25) is 4.79 Å². The summed E-state index contributed by atoms with van der Waals surface area (Å²) in [5.41, 5.74) is 5.10. The third-order valence-corrected chi connectivity index (χ3v) is 2.13. The van der Waals surface area contributed by atoms with Gasteiger partial charge in [0.25, 0.3) is 0 Å². The number of anilines is 2. The van der Waals surface area contributed by atoms with Gasteiger partial charge in [0.15, 0.2) is 0 Å². The lowest BCUT2D eigenvalue weighted by Gasteiger charge is -2.18. The average Bonchev–Trinajstić information content (AvgIpc) is 2.27. The van der Waals surface area contributed by atoms with Gasteiger partial charge in [0.05, 0.1) is 12.8 Å². The van der Waals surface area contributed by atoms with E-state index in [0.29, 0.717) is 0 Å². The van der Waals surface area contributed by atoms with Gasteiger partial charge in [-0.2, -0.15) is 22.0 Å². The SMILES string of the molecule is COc1ccc(NC(=O)C(F)(F)C(F)(F)F)cc1N. The Morgan fingerprint density at radius 3 is 2.26 bits per heavy atom. The fourth-order valence-electron chi connectivity index (χ4n) is 1.15. The van der Waals surface area contributed by atoms with Crippen LogP contribution in [-0.2, 0) is 4.79 Å². The number of ether oxygens (including phenoxy) is 1. The van der Waals surface area contributed by atoms with E-state index in [1.54, 1.807) is 0 Å². The second-order valence-corrected chi connectivity index (χ2v) is 3.48. The first-order valence-corrected chi connectivity index (χ1v) is 4.79. The van der Waals surface area contributed by atoms with Gasteiger partial charge in [-0.25, -0.2) is 0 Å². The second kappa shape index (κ2) is 4.90. The largest absolute Gasteiger partial charge is 0.495 e. The maximum absolute atomic E-state index is 12.7. The molecule has 1 rings (SSSR count). The third kappa shape index (κ3) is 3.04. The number of rotatable bonds is 3. The van der Waals surface area contributed by atoms with E-state index in [0.717, 1.165) is 12.1 Å². The van der Waals surface area contributed by atoms with Gasteiger partial charge in [-0.05, 0) is 18.2 Å². The Hall–Kier alpha value is -2.06. The molecule has 1 aromatic carbocycles. The molecule has 0 aliphatic heterocycles. The van der Waals surface area contributed by atoms with Crippen LogP contribution in [0.1, 0.15) is 0 Å². The normalized spacial score (nSPS) is 12.1. The molecule has 0 aliphatic carbocycles. The van der Waals surface area contributed by atoms with Gasteiger partial charge in [-0.15, -0.1) is 0 Å². The predicted octanol–water partition coefficient (Wildman–Crippen LogP) is 2.41. The van der Waals surface area contributed by atoms with Gasteiger partial charge in [-0.1, -0.05) is 0 Å². The molecule has 19 heavy (non-hydrogen) atoms. The van der Waals surface area contributed by atoms with E-state index in [9.17, 15) is 26.7 Å². The van der Waals surface area contributed by atoms with Crippen LogP contribution in [0.15, 0.2) is 18.2 Å². The van der Waals surface area contributed by atoms with Crippen molar-refractivity contribution in [2.24, 2.45) is 0 Å². The average molecular weight is 284 g/mol. The lowest BCUT2D eigenvalue weighted by atomic mass is 10.2. The number of carbonyl (C=O) groups is 1. The Labute approximate surface area is 104 Å². The van der Waals surface area contributed by atoms with Crippen molar-refractivity contribution in [3.8, 4) is 5.75 Å². The molecule has 106 valence electrons. The predicted molar refractivity (Wildman–Crippen MR) is 57.0 cm³/mol. The maximum atomic E-state index is 12.7. The molecule has 0 heterocycles. The Bertz CT molecular complexity index is 487. The molecule has 0 spiro atoms. The fraction of sp³-hybridized carbons (Fsp3) is 0.300. The van der Waals surface area contributed by atoms with Crippen LogP contribution in [0, 0.1) is 0 Å². The highest BCUT2D eigenvalue weighted by atomic mass is 19.4. The Balaban J connectivity index is 2.92. The quantitative estimate of drug-likeness (QED) is 0.661. The van der Waals surface area contributed by atoms with Crippen molar-refractivity contribution in [2.75, 3.05) is 18.2 Å². The summed E-state index contributed by atoms with van der Waals surface area (Å²) in [6.07, 6.45) is -5.96. The van der Waals surface area contributed by atoms with Crippen molar-refractivity contribution in [1.82, 2.24) is 0 Å². The Morgan fingerprint density at radius 2 is 1.84 bits per heavy atom. The smallest absolute Gasteiger partial charge is 0.463 e. The zero-order valence-electron chi connectivity index (χ0n) is 9.52. The summed E-state index contributed by atoms with van der Waals surface area (Å²) in [7, 11) is 1.29. The van der Waals surface area contributed by atoms with Crippen molar-refractivity contribution in [3.05, 3.63) is 18.2 Å². The number of hydrogen-bond donors (Lipinski definition) is 2. The second-order valence-electron chi connectivity index (χ2n) is 3.48. The lowest BCUT2D eigenvalue weighted by Crippen LogP contribution is -2.47. The highest BCUT2D eigenvalue weighted by molar-refractivity contribution is 5.97. The highest BCUT2D eigenvalue weighted by Crippen LogP contribution is 2.36. The molecule has 0 saturated heterocycles. The molecule has 3 N–H and O–H groups in total. The highest BCUT2D eigenvalue weighted by Gasteiger charge is 2.63. The number of carbonyl (C=O) groups excluding carboxylic acids is 1. The van der Waals surface area contributed by atoms with E-state index in [1.165, 1.54) is 18.5 Å². The van der Waals surface area contributed by atoms with Crippen LogP contribution in [0.5, 0.6) is 5.75 Å². The standard InChI is InChI=1S/C10H9F5N2O2/c1-19-7-3-2-5(4-6(7)16)17-8(18)9(11,12)10(13,14)15/h2-4H,16H2,1H3,(H,17,18). The van der Waals surface area contributed by atoms with Crippen LogP contribution in [-0.4, -0.2) is 25.1 Å². The lowest BCUT2D eigenvalue weighted by molar-refractivity contribution is -0.267. The van der Waals surface area contributed by atoms with Crippen molar-refractivity contribution >= 4 is 17.3 Å². The summed E-state index contributed by atoms with van der Waals surface area (Å²) in [5, 5.41) is 1.44. The summed E-state index contributed by atoms with van der Waals surface area (Å²) in [4.78, 5) is 10.9. The number of nitrogens with two attached hydrogens (primary N) is 1. The molecular weight excluding hydrogens is 275 g/mol. The molecule has 0 aliphatic rings. The minimum atomic E-state index is -5.96. The van der Waals surface area contributed by atoms with E-state index >= 15 is 0 Å². The number of benzene rings is 1. The van der Waals surface area contributed by atoms with Gasteiger partial charge < -0.3 is 15.8 Å². The summed E-state index contributed by atoms with van der Waals surface area (Å²) in [6.45, 7) is 0. The molecule has 1 amide bonds. The van der Waals surface area contributed by atoms with E-state index in [-0.39, 0.29) is 17.1 Å². The van der Waals surface area contributed by atoms with Crippen LogP contribution >= 0.6 is 0 Å². The Kier molecular flexibility index (Phi) is 3.87. The van der Waals surface area contributed by atoms with Crippen molar-refractivity contribution < 1.29 is 31.5 Å². The number of nitrogen functional groups attached to an aromatic ring is 1. The zero-order chi connectivity index (χ0) is 14.8. The van der Waals surface area contributed by atoms with Gasteiger partial charge in [0.2, 0.25) is 0 Å².